The number of aliphatic carboxylic acids is 1. The molecule has 1 aromatic rings. The monoisotopic (exact) mass is 546 g/mol. The lowest BCUT2D eigenvalue weighted by atomic mass is 10.1. The summed E-state index contributed by atoms with van der Waals surface area (Å²) in [4.78, 5) is 34.5. The molecule has 0 unspecified atom stereocenters. The molecule has 0 spiro atoms. The van der Waals surface area contributed by atoms with Gasteiger partial charge in [0.25, 0.3) is 5.09 Å². The molecular formula is C31H50N2O6. The Bertz CT molecular complexity index is 787. The number of carboxylic acids is 1. The predicted molar refractivity (Wildman–Crippen MR) is 157 cm³/mol. The van der Waals surface area contributed by atoms with E-state index in [9.17, 15) is 19.7 Å². The summed E-state index contributed by atoms with van der Waals surface area (Å²) in [5.74, 6) is 0.221. The van der Waals surface area contributed by atoms with Crippen LogP contribution in [0, 0.1) is 16.0 Å². The van der Waals surface area contributed by atoms with Crippen molar-refractivity contribution in [3.8, 4) is 0 Å². The maximum atomic E-state index is 10.9. The van der Waals surface area contributed by atoms with E-state index in [1.54, 1.807) is 0 Å². The first-order valence-corrected chi connectivity index (χ1v) is 14.5. The van der Waals surface area contributed by atoms with Gasteiger partial charge in [-0.2, -0.15) is 0 Å². The van der Waals surface area contributed by atoms with Gasteiger partial charge in [-0.1, -0.05) is 73.9 Å². The highest BCUT2D eigenvalue weighted by Gasteiger charge is 2.10. The van der Waals surface area contributed by atoms with Crippen molar-refractivity contribution in [2.24, 2.45) is 5.92 Å². The molecule has 2 N–H and O–H groups in total. The Labute approximate surface area is 235 Å². The number of aryl methyl sites for hydroxylation is 1. The molecule has 1 aliphatic carbocycles. The molecule has 0 atom stereocenters. The van der Waals surface area contributed by atoms with Crippen LogP contribution in [-0.2, 0) is 20.8 Å². The Hall–Kier alpha value is -3.16. The molecule has 1 aromatic carbocycles. The largest absolute Gasteiger partial charge is 0.481 e. The predicted octanol–water partition coefficient (Wildman–Crippen LogP) is 7.46. The Morgan fingerprint density at radius 1 is 1.03 bits per heavy atom. The number of carbonyl (C=O) groups is 2. The molecule has 0 aliphatic heterocycles. The molecular weight excluding hydrogens is 496 g/mol. The minimum Gasteiger partial charge on any atom is -0.481 e. The summed E-state index contributed by atoms with van der Waals surface area (Å²) in [7, 11) is 0. The van der Waals surface area contributed by atoms with E-state index in [1.165, 1.54) is 50.5 Å². The second-order valence-electron chi connectivity index (χ2n) is 9.53. The quantitative estimate of drug-likeness (QED) is 0.0905. The van der Waals surface area contributed by atoms with Gasteiger partial charge in [0.1, 0.15) is 0 Å². The van der Waals surface area contributed by atoms with Gasteiger partial charge in [0.15, 0.2) is 0 Å². The molecule has 0 heterocycles. The van der Waals surface area contributed by atoms with Gasteiger partial charge in [-0.15, -0.1) is 10.1 Å². The van der Waals surface area contributed by atoms with Crippen LogP contribution in [0.2, 0.25) is 0 Å². The Morgan fingerprint density at radius 3 is 2.33 bits per heavy atom. The van der Waals surface area contributed by atoms with Crippen molar-refractivity contribution in [1.82, 2.24) is 5.32 Å². The third-order valence-corrected chi connectivity index (χ3v) is 6.10. The van der Waals surface area contributed by atoms with Gasteiger partial charge in [0.2, 0.25) is 5.91 Å². The van der Waals surface area contributed by atoms with Crippen molar-refractivity contribution in [2.45, 2.75) is 104 Å². The van der Waals surface area contributed by atoms with E-state index < -0.39 is 11.1 Å². The second-order valence-corrected chi connectivity index (χ2v) is 9.53. The fourth-order valence-corrected chi connectivity index (χ4v) is 4.03. The zero-order valence-electron chi connectivity index (χ0n) is 24.0. The molecule has 220 valence electrons. The summed E-state index contributed by atoms with van der Waals surface area (Å²) in [6.07, 6.45) is 22.9. The first-order chi connectivity index (χ1) is 18.9. The molecule has 39 heavy (non-hydrogen) atoms. The van der Waals surface area contributed by atoms with E-state index in [1.807, 2.05) is 19.9 Å². The number of allylic oxidation sites excluding steroid dienone is 4. The minimum atomic E-state index is -0.850. The van der Waals surface area contributed by atoms with Crippen LogP contribution in [0.5, 0.6) is 0 Å². The van der Waals surface area contributed by atoms with Crippen LogP contribution in [0.4, 0.5) is 0 Å². The normalized spacial score (nSPS) is 12.9. The smallest absolute Gasteiger partial charge is 0.303 e. The summed E-state index contributed by atoms with van der Waals surface area (Å²) < 4.78 is 0. The standard InChI is InChI=1S/C16H22.C9H17NO.C6H11NO5/c1-3-9-15(10-4-1)11-5-2-6-12-16-13-7-8-14-16;1-3-5-6-7-8-9(11)10-4-2;8-6(9)4-2-1-3-5-12-7(10)11/h1,3-4,6,9-10,12,16H,2,5,7-8,11,13-14H2;3,5H,4,6-8H2,1-2H3,(H,10,11);1-5H2,(H,8,9)/b12-6+;5-3-;. The average molecular weight is 547 g/mol. The second kappa shape index (κ2) is 26.4. The summed E-state index contributed by atoms with van der Waals surface area (Å²) in [6, 6.07) is 10.8. The third kappa shape index (κ3) is 26.2. The molecule has 0 aromatic heterocycles. The fraction of sp³-hybridized carbons (Fsp3) is 0.613. The van der Waals surface area contributed by atoms with Crippen molar-refractivity contribution in [3.05, 3.63) is 70.3 Å². The number of amides is 1. The van der Waals surface area contributed by atoms with E-state index in [4.69, 9.17) is 5.11 Å². The first kappa shape index (κ1) is 35.8. The van der Waals surface area contributed by atoms with Gasteiger partial charge < -0.3 is 15.3 Å². The van der Waals surface area contributed by atoms with E-state index in [2.05, 4.69) is 58.7 Å². The van der Waals surface area contributed by atoms with E-state index in [-0.39, 0.29) is 18.9 Å². The van der Waals surface area contributed by atoms with Crippen molar-refractivity contribution < 1.29 is 24.6 Å². The minimum absolute atomic E-state index is 0.0482. The highest BCUT2D eigenvalue weighted by Crippen LogP contribution is 2.25. The van der Waals surface area contributed by atoms with Crippen molar-refractivity contribution in [1.29, 1.82) is 0 Å². The van der Waals surface area contributed by atoms with E-state index in [0.717, 1.165) is 25.3 Å². The topological polar surface area (TPSA) is 119 Å². The lowest BCUT2D eigenvalue weighted by molar-refractivity contribution is -0.757. The van der Waals surface area contributed by atoms with Crippen molar-refractivity contribution in [2.75, 3.05) is 13.2 Å². The number of carboxylic acid groups (broad SMARTS) is 1. The lowest BCUT2D eigenvalue weighted by Gasteiger charge is -2.01. The Morgan fingerprint density at radius 2 is 1.72 bits per heavy atom. The van der Waals surface area contributed by atoms with Crippen LogP contribution in [0.1, 0.15) is 103 Å². The Kier molecular flexibility index (Phi) is 24.3. The van der Waals surface area contributed by atoms with Crippen molar-refractivity contribution >= 4 is 11.9 Å². The van der Waals surface area contributed by atoms with Crippen LogP contribution in [0.15, 0.2) is 54.6 Å². The number of nitrogens with zero attached hydrogens (tertiary/aromatic N) is 1. The molecule has 1 amide bonds. The number of carbonyl (C=O) groups excluding carboxylic acids is 1. The number of hydrogen-bond donors (Lipinski definition) is 2. The van der Waals surface area contributed by atoms with Crippen LogP contribution < -0.4 is 5.32 Å². The number of benzene rings is 1. The number of hydrogen-bond acceptors (Lipinski definition) is 5. The van der Waals surface area contributed by atoms with Gasteiger partial charge in [-0.3, -0.25) is 9.59 Å². The molecule has 1 fully saturated rings. The maximum absolute atomic E-state index is 10.9. The van der Waals surface area contributed by atoms with Gasteiger partial charge in [-0.25, -0.2) is 0 Å². The van der Waals surface area contributed by atoms with Gasteiger partial charge in [-0.05, 0) is 83.1 Å². The summed E-state index contributed by atoms with van der Waals surface area (Å²) >= 11 is 0. The van der Waals surface area contributed by atoms with Crippen LogP contribution in [-0.4, -0.2) is 35.2 Å². The number of unbranched alkanes of at least 4 members (excludes halogenated alkanes) is 4. The first-order valence-electron chi connectivity index (χ1n) is 14.5. The molecule has 1 saturated carbocycles. The molecule has 8 heteroatoms. The van der Waals surface area contributed by atoms with Crippen LogP contribution in [0.25, 0.3) is 0 Å². The molecule has 2 rings (SSSR count). The van der Waals surface area contributed by atoms with Gasteiger partial charge in [0, 0.05) is 19.4 Å². The lowest BCUT2D eigenvalue weighted by Crippen LogP contribution is -2.21. The van der Waals surface area contributed by atoms with Gasteiger partial charge >= 0.3 is 5.97 Å². The molecule has 8 nitrogen and oxygen atoms in total. The zero-order valence-corrected chi connectivity index (χ0v) is 24.0. The summed E-state index contributed by atoms with van der Waals surface area (Å²) in [5, 5.41) is 19.8. The number of nitrogens with one attached hydrogen (secondary N) is 1. The van der Waals surface area contributed by atoms with Crippen LogP contribution >= 0.6 is 0 Å². The highest BCUT2D eigenvalue weighted by molar-refractivity contribution is 5.75. The summed E-state index contributed by atoms with van der Waals surface area (Å²) in [5.41, 5.74) is 1.47. The summed E-state index contributed by atoms with van der Waals surface area (Å²) in [6.45, 7) is 4.71. The van der Waals surface area contributed by atoms with Crippen LogP contribution in [0.3, 0.4) is 0 Å². The fourth-order valence-electron chi connectivity index (χ4n) is 4.03. The molecule has 0 saturated heterocycles. The molecule has 1 aliphatic rings. The highest BCUT2D eigenvalue weighted by atomic mass is 16.9. The molecule has 0 bridgehead atoms. The average Bonchev–Trinajstić information content (AvgIpc) is 3.43. The number of rotatable bonds is 17. The zero-order chi connectivity index (χ0) is 29.0. The third-order valence-electron chi connectivity index (χ3n) is 6.10. The maximum Gasteiger partial charge on any atom is 0.303 e. The van der Waals surface area contributed by atoms with Crippen molar-refractivity contribution in [3.63, 3.8) is 0 Å². The van der Waals surface area contributed by atoms with E-state index in [0.29, 0.717) is 25.7 Å². The SMILES string of the molecule is C(=C\C1CCCC1)/CCCc1ccccc1.C/C=C\CCCC(=O)NCC.O=C(O)CCCCCO[N+](=O)[O-]. The van der Waals surface area contributed by atoms with E-state index >= 15 is 0 Å². The Balaban J connectivity index is 0.000000571. The molecule has 0 radical (unpaired) electrons. The van der Waals surface area contributed by atoms with Gasteiger partial charge in [0.05, 0.1) is 6.61 Å².